The second kappa shape index (κ2) is 9.07. The first-order chi connectivity index (χ1) is 12.5. The first-order valence-corrected chi connectivity index (χ1v) is 7.61. The average molecular weight is 358 g/mol. The number of para-hydroxylation sites is 3. The molecule has 0 unspecified atom stereocenters. The molecule has 2 amide bonds. The van der Waals surface area contributed by atoms with Gasteiger partial charge in [-0.3, -0.25) is 9.59 Å². The second-order valence-electron chi connectivity index (χ2n) is 5.06. The Hall–Kier alpha value is -3.55. The summed E-state index contributed by atoms with van der Waals surface area (Å²) >= 11 is 0. The number of nitrogens with two attached hydrogens (primary N) is 1. The van der Waals surface area contributed by atoms with Crippen LogP contribution in [0.15, 0.2) is 48.5 Å². The molecule has 0 aliphatic rings. The molecule has 0 heterocycles. The first-order valence-electron chi connectivity index (χ1n) is 7.61. The van der Waals surface area contributed by atoms with Gasteiger partial charge >= 0.3 is 5.97 Å². The van der Waals surface area contributed by atoms with E-state index in [4.69, 9.17) is 19.9 Å². The molecule has 0 spiro atoms. The predicted molar refractivity (Wildman–Crippen MR) is 93.0 cm³/mol. The van der Waals surface area contributed by atoms with Gasteiger partial charge in [-0.25, -0.2) is 4.79 Å². The van der Waals surface area contributed by atoms with Crippen molar-refractivity contribution in [3.8, 4) is 11.5 Å². The number of benzene rings is 2. The van der Waals surface area contributed by atoms with Crippen molar-refractivity contribution in [3.63, 3.8) is 0 Å². The maximum absolute atomic E-state index is 11.9. The number of carbonyl (C=O) groups excluding carboxylic acids is 3. The molecule has 136 valence electrons. The normalized spacial score (nSPS) is 9.88. The van der Waals surface area contributed by atoms with E-state index in [1.165, 1.54) is 19.2 Å². The summed E-state index contributed by atoms with van der Waals surface area (Å²) in [7, 11) is 1.48. The molecule has 0 radical (unpaired) electrons. The highest BCUT2D eigenvalue weighted by molar-refractivity contribution is 6.03. The molecular formula is C18H18N2O6. The molecule has 8 nitrogen and oxygen atoms in total. The molecular weight excluding hydrogens is 340 g/mol. The molecule has 0 saturated carbocycles. The van der Waals surface area contributed by atoms with Crippen LogP contribution >= 0.6 is 0 Å². The van der Waals surface area contributed by atoms with E-state index in [0.29, 0.717) is 11.5 Å². The van der Waals surface area contributed by atoms with Gasteiger partial charge in [-0.2, -0.15) is 0 Å². The van der Waals surface area contributed by atoms with Gasteiger partial charge in [0.2, 0.25) is 0 Å². The van der Waals surface area contributed by atoms with E-state index < -0.39 is 24.4 Å². The van der Waals surface area contributed by atoms with Crippen LogP contribution in [0.25, 0.3) is 0 Å². The highest BCUT2D eigenvalue weighted by atomic mass is 16.6. The van der Waals surface area contributed by atoms with E-state index in [1.54, 1.807) is 36.4 Å². The highest BCUT2D eigenvalue weighted by Gasteiger charge is 2.13. The van der Waals surface area contributed by atoms with Gasteiger partial charge in [-0.1, -0.05) is 24.3 Å². The molecule has 0 atom stereocenters. The fourth-order valence-electron chi connectivity index (χ4n) is 2.06. The maximum atomic E-state index is 11.9. The zero-order valence-corrected chi connectivity index (χ0v) is 14.1. The lowest BCUT2D eigenvalue weighted by Gasteiger charge is -2.11. The molecule has 2 aromatic rings. The van der Waals surface area contributed by atoms with Crippen molar-refractivity contribution in [2.75, 3.05) is 25.6 Å². The zero-order chi connectivity index (χ0) is 18.9. The third kappa shape index (κ3) is 5.23. The number of methoxy groups -OCH3 is 1. The number of hydrogen-bond donors (Lipinski definition) is 2. The van der Waals surface area contributed by atoms with E-state index in [-0.39, 0.29) is 17.9 Å². The third-order valence-electron chi connectivity index (χ3n) is 3.25. The molecule has 8 heteroatoms. The number of carbonyl (C=O) groups is 3. The fraction of sp³-hybridized carbons (Fsp3) is 0.167. The predicted octanol–water partition coefficient (Wildman–Crippen LogP) is 1.35. The number of hydrogen-bond acceptors (Lipinski definition) is 6. The van der Waals surface area contributed by atoms with Crippen LogP contribution in [0.1, 0.15) is 10.4 Å². The largest absolute Gasteiger partial charge is 0.493 e. The van der Waals surface area contributed by atoms with Crippen LogP contribution in [-0.4, -0.2) is 38.1 Å². The highest BCUT2D eigenvalue weighted by Crippen LogP contribution is 2.25. The molecule has 2 aromatic carbocycles. The SMILES string of the molecule is COc1ccccc1OCC(=O)OCC(=O)Nc1ccccc1C(N)=O. The van der Waals surface area contributed by atoms with Crippen molar-refractivity contribution in [2.45, 2.75) is 0 Å². The molecule has 0 aliphatic heterocycles. The smallest absolute Gasteiger partial charge is 0.344 e. The molecule has 26 heavy (non-hydrogen) atoms. The summed E-state index contributed by atoms with van der Waals surface area (Å²) in [6, 6.07) is 13.1. The number of anilines is 1. The van der Waals surface area contributed by atoms with E-state index >= 15 is 0 Å². The average Bonchev–Trinajstić information content (AvgIpc) is 2.65. The third-order valence-corrected chi connectivity index (χ3v) is 3.25. The van der Waals surface area contributed by atoms with Gasteiger partial charge in [-0.05, 0) is 24.3 Å². The van der Waals surface area contributed by atoms with Crippen molar-refractivity contribution in [1.82, 2.24) is 0 Å². The van der Waals surface area contributed by atoms with Gasteiger partial charge in [0.15, 0.2) is 24.7 Å². The van der Waals surface area contributed by atoms with Gasteiger partial charge in [0.25, 0.3) is 11.8 Å². The molecule has 3 N–H and O–H groups in total. The number of amides is 2. The number of primary amides is 1. The van der Waals surface area contributed by atoms with E-state index in [2.05, 4.69) is 5.32 Å². The Morgan fingerprint density at radius 2 is 1.62 bits per heavy atom. The van der Waals surface area contributed by atoms with Gasteiger partial charge < -0.3 is 25.3 Å². The minimum atomic E-state index is -0.728. The van der Waals surface area contributed by atoms with Crippen LogP contribution < -0.4 is 20.5 Å². The Morgan fingerprint density at radius 3 is 2.31 bits per heavy atom. The lowest BCUT2D eigenvalue weighted by Crippen LogP contribution is -2.25. The van der Waals surface area contributed by atoms with Crippen molar-refractivity contribution in [1.29, 1.82) is 0 Å². The monoisotopic (exact) mass is 358 g/mol. The molecule has 0 bridgehead atoms. The Bertz CT molecular complexity index is 806. The van der Waals surface area contributed by atoms with Gasteiger partial charge in [0.1, 0.15) is 0 Å². The van der Waals surface area contributed by atoms with Crippen LogP contribution in [0, 0.1) is 0 Å². The minimum absolute atomic E-state index is 0.159. The summed E-state index contributed by atoms with van der Waals surface area (Å²) in [5.41, 5.74) is 5.63. The number of ether oxygens (including phenoxy) is 3. The summed E-state index contributed by atoms with van der Waals surface area (Å²) in [5, 5.41) is 2.46. The summed E-state index contributed by atoms with van der Waals surface area (Å²) in [5.74, 6) is -1.16. The van der Waals surface area contributed by atoms with Crippen molar-refractivity contribution in [2.24, 2.45) is 5.73 Å². The zero-order valence-electron chi connectivity index (χ0n) is 14.1. The Balaban J connectivity index is 1.82. The standard InChI is InChI=1S/C18H18N2O6/c1-24-14-8-4-5-9-15(14)25-11-17(22)26-10-16(21)20-13-7-3-2-6-12(13)18(19)23/h2-9H,10-11H2,1H3,(H2,19,23)(H,20,21). The summed E-state index contributed by atoms with van der Waals surface area (Å²) in [6.07, 6.45) is 0. The number of rotatable bonds is 8. The molecule has 0 aliphatic carbocycles. The van der Waals surface area contributed by atoms with Crippen LogP contribution in [-0.2, 0) is 14.3 Å². The summed E-state index contributed by atoms with van der Waals surface area (Å²) in [6.45, 7) is -0.910. The van der Waals surface area contributed by atoms with E-state index in [9.17, 15) is 14.4 Å². The summed E-state index contributed by atoms with van der Waals surface area (Å²) in [4.78, 5) is 34.9. The van der Waals surface area contributed by atoms with Crippen LogP contribution in [0.2, 0.25) is 0 Å². The molecule has 0 saturated heterocycles. The topological polar surface area (TPSA) is 117 Å². The first kappa shape index (κ1) is 18.8. The summed E-state index contributed by atoms with van der Waals surface area (Å²) < 4.78 is 15.2. The van der Waals surface area contributed by atoms with Crippen molar-refractivity contribution >= 4 is 23.5 Å². The van der Waals surface area contributed by atoms with Crippen molar-refractivity contribution in [3.05, 3.63) is 54.1 Å². The lowest BCUT2D eigenvalue weighted by atomic mass is 10.1. The van der Waals surface area contributed by atoms with Crippen LogP contribution in [0.5, 0.6) is 11.5 Å². The van der Waals surface area contributed by atoms with E-state index in [0.717, 1.165) is 0 Å². The molecule has 0 fully saturated rings. The number of esters is 1. The van der Waals surface area contributed by atoms with Crippen LogP contribution in [0.4, 0.5) is 5.69 Å². The Labute approximate surface area is 149 Å². The van der Waals surface area contributed by atoms with Gasteiger partial charge in [0.05, 0.1) is 18.4 Å². The van der Waals surface area contributed by atoms with Gasteiger partial charge in [-0.15, -0.1) is 0 Å². The second-order valence-corrected chi connectivity index (χ2v) is 5.06. The Morgan fingerprint density at radius 1 is 0.962 bits per heavy atom. The molecule has 0 aromatic heterocycles. The minimum Gasteiger partial charge on any atom is -0.493 e. The molecule has 2 rings (SSSR count). The quantitative estimate of drug-likeness (QED) is 0.688. The lowest BCUT2D eigenvalue weighted by molar-refractivity contribution is -0.149. The van der Waals surface area contributed by atoms with Gasteiger partial charge in [0, 0.05) is 0 Å². The van der Waals surface area contributed by atoms with E-state index in [1.807, 2.05) is 0 Å². The number of nitrogens with one attached hydrogen (secondary N) is 1. The Kier molecular flexibility index (Phi) is 6.55. The maximum Gasteiger partial charge on any atom is 0.344 e. The fourth-order valence-corrected chi connectivity index (χ4v) is 2.06. The van der Waals surface area contributed by atoms with Crippen LogP contribution in [0.3, 0.4) is 0 Å². The van der Waals surface area contributed by atoms with Crippen molar-refractivity contribution < 1.29 is 28.6 Å².